The Bertz CT molecular complexity index is 335. The van der Waals surface area contributed by atoms with E-state index in [4.69, 9.17) is 5.11 Å². The number of carboxylic acid groups (broad SMARTS) is 1. The molecule has 1 rings (SSSR count). The molecule has 1 saturated heterocycles. The molecule has 1 aliphatic rings. The van der Waals surface area contributed by atoms with Gasteiger partial charge in [0.1, 0.15) is 6.04 Å². The van der Waals surface area contributed by atoms with E-state index >= 15 is 0 Å². The number of hydrogen-bond acceptors (Lipinski definition) is 4. The number of carboxylic acids is 1. The van der Waals surface area contributed by atoms with Crippen molar-refractivity contribution in [3.63, 3.8) is 0 Å². The minimum atomic E-state index is -1.06. The molecule has 2 amide bonds. The third kappa shape index (κ3) is 4.36. The zero-order valence-electron chi connectivity index (χ0n) is 11.7. The molecule has 0 spiro atoms. The first-order valence-corrected chi connectivity index (χ1v) is 6.40. The summed E-state index contributed by atoms with van der Waals surface area (Å²) in [7, 11) is 5.57. The highest BCUT2D eigenvalue weighted by Gasteiger charge is 2.39. The fraction of sp³-hybridized carbons (Fsp3) is 0.833. The van der Waals surface area contributed by atoms with E-state index in [9.17, 15) is 14.7 Å². The molecule has 0 bridgehead atoms. The topological polar surface area (TPSA) is 84.3 Å². The zero-order chi connectivity index (χ0) is 14.6. The van der Waals surface area contributed by atoms with Gasteiger partial charge in [-0.15, -0.1) is 0 Å². The number of carbonyl (C=O) groups excluding carboxylic acids is 1. The third-order valence-corrected chi connectivity index (χ3v) is 3.24. The molecule has 1 aliphatic heterocycles. The van der Waals surface area contributed by atoms with Crippen molar-refractivity contribution in [1.82, 2.24) is 14.7 Å². The van der Waals surface area contributed by atoms with Gasteiger partial charge in [0.25, 0.3) is 0 Å². The van der Waals surface area contributed by atoms with Crippen molar-refractivity contribution >= 4 is 12.0 Å². The average Bonchev–Trinajstić information content (AvgIpc) is 2.69. The zero-order valence-corrected chi connectivity index (χ0v) is 11.7. The van der Waals surface area contributed by atoms with Crippen LogP contribution >= 0.6 is 0 Å². The van der Waals surface area contributed by atoms with Gasteiger partial charge < -0.3 is 24.9 Å². The van der Waals surface area contributed by atoms with Gasteiger partial charge in [-0.3, -0.25) is 0 Å². The van der Waals surface area contributed by atoms with Crippen molar-refractivity contribution in [3.8, 4) is 0 Å². The van der Waals surface area contributed by atoms with Gasteiger partial charge in [0, 0.05) is 26.6 Å². The number of amides is 2. The van der Waals surface area contributed by atoms with Crippen molar-refractivity contribution in [1.29, 1.82) is 0 Å². The molecule has 0 radical (unpaired) electrons. The number of aliphatic hydroxyl groups is 1. The molecule has 0 aromatic heterocycles. The number of hydrogen-bond donors (Lipinski definition) is 2. The monoisotopic (exact) mass is 273 g/mol. The number of β-amino-alcohol motifs (C(OH)–C–C–N with tert-alkyl or cyclic N) is 1. The first kappa shape index (κ1) is 15.7. The fourth-order valence-electron chi connectivity index (χ4n) is 2.20. The SMILES string of the molecule is CN(C)CCCN(C)C(=O)N1CC(O)C[C@H]1C(=O)O. The smallest absolute Gasteiger partial charge is 0.326 e. The van der Waals surface area contributed by atoms with Crippen molar-refractivity contribution < 1.29 is 19.8 Å². The fourth-order valence-corrected chi connectivity index (χ4v) is 2.20. The van der Waals surface area contributed by atoms with Gasteiger partial charge in [0.05, 0.1) is 6.10 Å². The summed E-state index contributed by atoms with van der Waals surface area (Å²) < 4.78 is 0. The summed E-state index contributed by atoms with van der Waals surface area (Å²) in [6, 6.07) is -1.25. The molecule has 0 aromatic rings. The van der Waals surface area contributed by atoms with Crippen LogP contribution in [0, 0.1) is 0 Å². The second-order valence-electron chi connectivity index (χ2n) is 5.26. The van der Waals surface area contributed by atoms with Crippen LogP contribution in [0.2, 0.25) is 0 Å². The van der Waals surface area contributed by atoms with Gasteiger partial charge in [-0.1, -0.05) is 0 Å². The summed E-state index contributed by atoms with van der Waals surface area (Å²) in [6.45, 7) is 1.52. The van der Waals surface area contributed by atoms with Crippen LogP contribution in [-0.2, 0) is 4.79 Å². The van der Waals surface area contributed by atoms with E-state index in [1.54, 1.807) is 7.05 Å². The van der Waals surface area contributed by atoms with E-state index in [0.29, 0.717) is 6.54 Å². The van der Waals surface area contributed by atoms with E-state index in [1.165, 1.54) is 9.80 Å². The summed E-state index contributed by atoms with van der Waals surface area (Å²) in [6.07, 6.45) is 0.177. The molecule has 0 aromatic carbocycles. The van der Waals surface area contributed by atoms with Crippen molar-refractivity contribution in [2.45, 2.75) is 25.0 Å². The molecule has 19 heavy (non-hydrogen) atoms. The van der Waals surface area contributed by atoms with Crippen LogP contribution in [0.25, 0.3) is 0 Å². The quantitative estimate of drug-likeness (QED) is 0.706. The molecule has 1 unspecified atom stereocenters. The number of urea groups is 1. The molecule has 1 heterocycles. The lowest BCUT2D eigenvalue weighted by molar-refractivity contribution is -0.141. The third-order valence-electron chi connectivity index (χ3n) is 3.24. The maximum Gasteiger partial charge on any atom is 0.326 e. The van der Waals surface area contributed by atoms with Crippen LogP contribution in [-0.4, -0.2) is 89.8 Å². The van der Waals surface area contributed by atoms with Crippen LogP contribution in [0.3, 0.4) is 0 Å². The normalized spacial score (nSPS) is 22.9. The predicted molar refractivity (Wildman–Crippen MR) is 70.0 cm³/mol. The Kier molecular flexibility index (Phi) is 5.56. The van der Waals surface area contributed by atoms with Gasteiger partial charge >= 0.3 is 12.0 Å². The highest BCUT2D eigenvalue weighted by molar-refractivity contribution is 5.83. The van der Waals surface area contributed by atoms with Gasteiger partial charge in [-0.25, -0.2) is 9.59 Å². The Labute approximate surface area is 113 Å². The van der Waals surface area contributed by atoms with Gasteiger partial charge in [-0.2, -0.15) is 0 Å². The number of nitrogens with zero attached hydrogens (tertiary/aromatic N) is 3. The van der Waals surface area contributed by atoms with Crippen LogP contribution in [0.4, 0.5) is 4.79 Å². The van der Waals surface area contributed by atoms with Crippen molar-refractivity contribution in [2.24, 2.45) is 0 Å². The Balaban J connectivity index is 2.53. The summed E-state index contributed by atoms with van der Waals surface area (Å²) in [4.78, 5) is 28.0. The molecule has 7 nitrogen and oxygen atoms in total. The number of aliphatic hydroxyl groups excluding tert-OH is 1. The molecular weight excluding hydrogens is 250 g/mol. The first-order valence-electron chi connectivity index (χ1n) is 6.40. The molecule has 1 fully saturated rings. The summed E-state index contributed by atoms with van der Waals surface area (Å²) in [5, 5.41) is 18.6. The Morgan fingerprint density at radius 3 is 2.42 bits per heavy atom. The van der Waals surface area contributed by atoms with E-state index < -0.39 is 18.1 Å². The summed E-state index contributed by atoms with van der Waals surface area (Å²) >= 11 is 0. The second kappa shape index (κ2) is 6.72. The Morgan fingerprint density at radius 2 is 1.89 bits per heavy atom. The van der Waals surface area contributed by atoms with Gasteiger partial charge in [0.2, 0.25) is 0 Å². The summed E-state index contributed by atoms with van der Waals surface area (Å²) in [5.74, 6) is -1.06. The lowest BCUT2D eigenvalue weighted by Crippen LogP contribution is -2.47. The number of rotatable bonds is 5. The van der Waals surface area contributed by atoms with Crippen LogP contribution in [0.15, 0.2) is 0 Å². The Hall–Kier alpha value is -1.34. The molecular formula is C12H23N3O4. The minimum Gasteiger partial charge on any atom is -0.480 e. The molecule has 7 heteroatoms. The van der Waals surface area contributed by atoms with Gasteiger partial charge in [0.15, 0.2) is 0 Å². The number of aliphatic carboxylic acids is 1. The van der Waals surface area contributed by atoms with E-state index in [1.807, 2.05) is 19.0 Å². The number of likely N-dealkylation sites (tertiary alicyclic amines) is 1. The van der Waals surface area contributed by atoms with E-state index in [-0.39, 0.29) is 19.0 Å². The summed E-state index contributed by atoms with van der Waals surface area (Å²) in [5.41, 5.74) is 0. The minimum absolute atomic E-state index is 0.0911. The molecule has 0 aliphatic carbocycles. The average molecular weight is 273 g/mol. The lowest BCUT2D eigenvalue weighted by atomic mass is 10.2. The first-order chi connectivity index (χ1) is 8.82. The highest BCUT2D eigenvalue weighted by atomic mass is 16.4. The van der Waals surface area contributed by atoms with Crippen molar-refractivity contribution in [3.05, 3.63) is 0 Å². The van der Waals surface area contributed by atoms with Crippen LogP contribution in [0.1, 0.15) is 12.8 Å². The predicted octanol–water partition coefficient (Wildman–Crippen LogP) is -0.490. The van der Waals surface area contributed by atoms with Crippen LogP contribution < -0.4 is 0 Å². The standard InChI is InChI=1S/C12H23N3O4/c1-13(2)5-4-6-14(3)12(19)15-8-9(16)7-10(15)11(17)18/h9-10,16H,4-8H2,1-3H3,(H,17,18)/t9?,10-/m0/s1. The molecule has 2 atom stereocenters. The Morgan fingerprint density at radius 1 is 1.26 bits per heavy atom. The van der Waals surface area contributed by atoms with E-state index in [2.05, 4.69) is 0 Å². The second-order valence-corrected chi connectivity index (χ2v) is 5.26. The maximum atomic E-state index is 12.1. The van der Waals surface area contributed by atoms with Crippen LogP contribution in [0.5, 0.6) is 0 Å². The van der Waals surface area contributed by atoms with Crippen molar-refractivity contribution in [2.75, 3.05) is 40.8 Å². The highest BCUT2D eigenvalue weighted by Crippen LogP contribution is 2.19. The van der Waals surface area contributed by atoms with Gasteiger partial charge in [-0.05, 0) is 27.1 Å². The van der Waals surface area contributed by atoms with E-state index in [0.717, 1.165) is 13.0 Å². The molecule has 110 valence electrons. The number of carbonyl (C=O) groups is 2. The lowest BCUT2D eigenvalue weighted by Gasteiger charge is -2.27. The largest absolute Gasteiger partial charge is 0.480 e. The molecule has 2 N–H and O–H groups in total. The maximum absolute atomic E-state index is 12.1. The molecule has 0 saturated carbocycles.